The molecule has 7 nitrogen and oxygen atoms in total. The molecule has 2 aliphatic heterocycles. The molecule has 0 radical (unpaired) electrons. The highest BCUT2D eigenvalue weighted by Crippen LogP contribution is 2.49. The lowest BCUT2D eigenvalue weighted by Gasteiger charge is -2.48. The van der Waals surface area contributed by atoms with E-state index in [1.807, 2.05) is 42.5 Å². The molecular weight excluding hydrogens is 468 g/mol. The van der Waals surface area contributed by atoms with Crippen LogP contribution in [-0.2, 0) is 22.4 Å². The van der Waals surface area contributed by atoms with Crippen molar-refractivity contribution in [1.29, 1.82) is 0 Å². The zero-order chi connectivity index (χ0) is 26.3. The summed E-state index contributed by atoms with van der Waals surface area (Å²) in [5.41, 5.74) is 5.29. The number of ketones is 1. The maximum Gasteiger partial charge on any atom is 0.328 e. The average molecular weight is 503 g/mol. The number of carbonyl (C=O) groups is 2. The third-order valence-corrected chi connectivity index (χ3v) is 7.75. The molecule has 0 aromatic heterocycles. The van der Waals surface area contributed by atoms with E-state index in [0.29, 0.717) is 35.6 Å². The molecule has 2 heterocycles. The molecule has 1 N–H and O–H groups in total. The average Bonchev–Trinajstić information content (AvgIpc) is 2.86. The number of nitrogens with zero attached hydrogens (tertiary/aromatic N) is 2. The quantitative estimate of drug-likeness (QED) is 0.611. The number of ether oxygens (including phenoxy) is 2. The summed E-state index contributed by atoms with van der Waals surface area (Å²) in [7, 11) is 3.26. The standard InChI is InChI=1S/C30H34N2O5/c1-30(2)16-24-28(25(33)17-30)21(31-22(29(34)35)12-18-8-6-5-7-9-18)15-23-20-14-27(37-4)26(36-3)13-19(20)10-11-32(23)24/h5-9,13-14,22-23H,10-12,15-17H2,1-4H3,(H,34,35)/t22-,23-/m0/s1. The van der Waals surface area contributed by atoms with Crippen molar-refractivity contribution in [3.05, 3.63) is 70.4 Å². The number of allylic oxidation sites excluding steroid dienone is 2. The molecule has 37 heavy (non-hydrogen) atoms. The van der Waals surface area contributed by atoms with Gasteiger partial charge in [0.2, 0.25) is 0 Å². The Labute approximate surface area is 217 Å². The van der Waals surface area contributed by atoms with E-state index in [2.05, 4.69) is 18.7 Å². The Balaban J connectivity index is 1.63. The minimum atomic E-state index is -0.986. The third-order valence-electron chi connectivity index (χ3n) is 7.75. The van der Waals surface area contributed by atoms with Crippen molar-refractivity contribution >= 4 is 17.5 Å². The Morgan fingerprint density at radius 1 is 1.14 bits per heavy atom. The molecule has 0 saturated carbocycles. The van der Waals surface area contributed by atoms with Gasteiger partial charge >= 0.3 is 5.97 Å². The van der Waals surface area contributed by atoms with Gasteiger partial charge in [0.1, 0.15) is 0 Å². The first-order valence-corrected chi connectivity index (χ1v) is 12.8. The smallest absolute Gasteiger partial charge is 0.328 e. The summed E-state index contributed by atoms with van der Waals surface area (Å²) in [6, 6.07) is 12.6. The summed E-state index contributed by atoms with van der Waals surface area (Å²) in [4.78, 5) is 33.0. The van der Waals surface area contributed by atoms with Gasteiger partial charge in [0, 0.05) is 31.5 Å². The molecule has 7 heteroatoms. The molecule has 0 spiro atoms. The fraction of sp³-hybridized carbons (Fsp3) is 0.433. The van der Waals surface area contributed by atoms with Gasteiger partial charge in [-0.05, 0) is 47.1 Å². The Kier molecular flexibility index (Phi) is 6.56. The van der Waals surface area contributed by atoms with Gasteiger partial charge in [-0.1, -0.05) is 44.2 Å². The van der Waals surface area contributed by atoms with E-state index in [0.717, 1.165) is 36.2 Å². The zero-order valence-corrected chi connectivity index (χ0v) is 21.9. The summed E-state index contributed by atoms with van der Waals surface area (Å²) in [5.74, 6) is 0.432. The Bertz CT molecular complexity index is 1290. The summed E-state index contributed by atoms with van der Waals surface area (Å²) in [6.07, 6.45) is 2.77. The van der Waals surface area contributed by atoms with E-state index >= 15 is 0 Å². The first kappa shape index (κ1) is 25.1. The van der Waals surface area contributed by atoms with Crippen LogP contribution in [0.2, 0.25) is 0 Å². The predicted octanol–water partition coefficient (Wildman–Crippen LogP) is 4.79. The van der Waals surface area contributed by atoms with E-state index < -0.39 is 12.0 Å². The Morgan fingerprint density at radius 3 is 2.51 bits per heavy atom. The summed E-state index contributed by atoms with van der Waals surface area (Å²) in [6.45, 7) is 5.03. The highest BCUT2D eigenvalue weighted by atomic mass is 16.5. The molecule has 2 atom stereocenters. The molecule has 0 amide bonds. The molecule has 0 saturated heterocycles. The van der Waals surface area contributed by atoms with Crippen LogP contribution in [0.1, 0.15) is 55.8 Å². The van der Waals surface area contributed by atoms with Crippen molar-refractivity contribution < 1.29 is 24.2 Å². The zero-order valence-electron chi connectivity index (χ0n) is 21.9. The van der Waals surface area contributed by atoms with Crippen LogP contribution < -0.4 is 9.47 Å². The lowest BCUT2D eigenvalue weighted by molar-refractivity contribution is -0.138. The van der Waals surface area contributed by atoms with Crippen molar-refractivity contribution in [2.24, 2.45) is 10.4 Å². The summed E-state index contributed by atoms with van der Waals surface area (Å²) < 4.78 is 11.2. The molecule has 2 aromatic rings. The second kappa shape index (κ2) is 9.69. The molecular formula is C30H34N2O5. The van der Waals surface area contributed by atoms with E-state index in [1.165, 1.54) is 5.56 Å². The van der Waals surface area contributed by atoms with E-state index in [4.69, 9.17) is 14.5 Å². The van der Waals surface area contributed by atoms with Crippen molar-refractivity contribution in [2.75, 3.05) is 20.8 Å². The minimum Gasteiger partial charge on any atom is -0.493 e. The number of methoxy groups -OCH3 is 2. The predicted molar refractivity (Wildman–Crippen MR) is 141 cm³/mol. The van der Waals surface area contributed by atoms with Gasteiger partial charge in [0.25, 0.3) is 0 Å². The number of aliphatic imine (C=N–C) groups is 1. The summed E-state index contributed by atoms with van der Waals surface area (Å²) >= 11 is 0. The number of hydrogen-bond acceptors (Lipinski definition) is 6. The topological polar surface area (TPSA) is 88.4 Å². The molecule has 5 rings (SSSR count). The molecule has 0 unspecified atom stereocenters. The monoisotopic (exact) mass is 502 g/mol. The van der Waals surface area contributed by atoms with Gasteiger partial charge in [-0.3, -0.25) is 9.79 Å². The van der Waals surface area contributed by atoms with Crippen molar-refractivity contribution in [1.82, 2.24) is 4.90 Å². The molecule has 194 valence electrons. The molecule has 3 aliphatic rings. The van der Waals surface area contributed by atoms with Crippen LogP contribution in [-0.4, -0.2) is 54.3 Å². The normalized spacial score (nSPS) is 22.2. The molecule has 0 bridgehead atoms. The lowest BCUT2D eigenvalue weighted by Crippen LogP contribution is -2.46. The maximum atomic E-state index is 13.5. The maximum absolute atomic E-state index is 13.5. The fourth-order valence-electron chi connectivity index (χ4n) is 6.05. The van der Waals surface area contributed by atoms with Crippen LogP contribution in [0, 0.1) is 5.41 Å². The lowest BCUT2D eigenvalue weighted by atomic mass is 9.71. The largest absolute Gasteiger partial charge is 0.493 e. The van der Waals surface area contributed by atoms with Crippen LogP contribution in [0.5, 0.6) is 11.5 Å². The Hall–Kier alpha value is -3.61. The first-order chi connectivity index (χ1) is 17.7. The number of hydrogen-bond donors (Lipinski definition) is 1. The number of carboxylic acid groups (broad SMARTS) is 1. The van der Waals surface area contributed by atoms with Crippen molar-refractivity contribution in [3.63, 3.8) is 0 Å². The van der Waals surface area contributed by atoms with Crippen molar-refractivity contribution in [3.8, 4) is 11.5 Å². The molecule has 2 aromatic carbocycles. The number of rotatable bonds is 6. The van der Waals surface area contributed by atoms with Crippen LogP contribution in [0.3, 0.4) is 0 Å². The van der Waals surface area contributed by atoms with E-state index in [9.17, 15) is 14.7 Å². The highest BCUT2D eigenvalue weighted by molar-refractivity contribution is 6.24. The van der Waals surface area contributed by atoms with Crippen LogP contribution >= 0.6 is 0 Å². The first-order valence-electron chi connectivity index (χ1n) is 12.8. The van der Waals surface area contributed by atoms with Gasteiger partial charge in [-0.25, -0.2) is 4.79 Å². The number of carbonyl (C=O) groups excluding carboxylic acids is 1. The third kappa shape index (κ3) is 4.75. The van der Waals surface area contributed by atoms with Crippen LogP contribution in [0.4, 0.5) is 0 Å². The van der Waals surface area contributed by atoms with Crippen LogP contribution in [0.15, 0.2) is 58.7 Å². The van der Waals surface area contributed by atoms with Crippen LogP contribution in [0.25, 0.3) is 0 Å². The van der Waals surface area contributed by atoms with Crippen molar-refractivity contribution in [2.45, 2.75) is 58.0 Å². The number of carboxylic acids is 1. The number of Topliss-reactive ketones (excluding diaryl/α,β-unsaturated/α-hetero) is 1. The second-order valence-electron chi connectivity index (χ2n) is 11.0. The van der Waals surface area contributed by atoms with E-state index in [-0.39, 0.29) is 23.7 Å². The summed E-state index contributed by atoms with van der Waals surface area (Å²) in [5, 5.41) is 10.1. The Morgan fingerprint density at radius 2 is 1.84 bits per heavy atom. The second-order valence-corrected chi connectivity index (χ2v) is 11.0. The van der Waals surface area contributed by atoms with Gasteiger partial charge in [-0.15, -0.1) is 0 Å². The molecule has 1 aliphatic carbocycles. The highest BCUT2D eigenvalue weighted by Gasteiger charge is 2.44. The minimum absolute atomic E-state index is 0.0473. The SMILES string of the molecule is COc1cc2c(cc1OC)[C@@H]1CC(=N[C@@H](Cc3ccccc3)C(=O)O)C3=C(CC(C)(C)CC3=O)N1CC2. The number of fused-ring (bicyclic) bond motifs is 4. The van der Waals surface area contributed by atoms with Gasteiger partial charge in [0.05, 0.1) is 31.5 Å². The molecule has 0 fully saturated rings. The number of benzene rings is 2. The van der Waals surface area contributed by atoms with Gasteiger partial charge in [0.15, 0.2) is 23.3 Å². The van der Waals surface area contributed by atoms with E-state index in [1.54, 1.807) is 14.2 Å². The fourth-order valence-corrected chi connectivity index (χ4v) is 6.05. The van der Waals surface area contributed by atoms with Gasteiger partial charge < -0.3 is 19.5 Å². The van der Waals surface area contributed by atoms with Gasteiger partial charge in [-0.2, -0.15) is 0 Å². The number of aliphatic carboxylic acids is 1.